The summed E-state index contributed by atoms with van der Waals surface area (Å²) in [5, 5.41) is 3.86. The molecule has 0 aliphatic carbocycles. The molecule has 21 heavy (non-hydrogen) atoms. The van der Waals surface area contributed by atoms with Crippen LogP contribution in [0.3, 0.4) is 0 Å². The van der Waals surface area contributed by atoms with Gasteiger partial charge in [-0.05, 0) is 41.5 Å². The fraction of sp³-hybridized carbons (Fsp3) is 0.0625. The average Bonchev–Trinajstić information content (AvgIpc) is 2.54. The number of nitrogens with one attached hydrogen (secondary N) is 1. The van der Waals surface area contributed by atoms with Gasteiger partial charge in [0, 0.05) is 18.5 Å². The standard InChI is InChI=1S/C16H15N3O2/c1-21-15-5-2-13(3-6-15)4-7-16(20)19-18-12-14-8-10-17-11-9-14/h2-12H,1H3,(H,19,20)/b7-4+,18-12-. The van der Waals surface area contributed by atoms with Crippen molar-refractivity contribution in [3.8, 4) is 5.75 Å². The Kier molecular flexibility index (Phi) is 5.23. The Morgan fingerprint density at radius 3 is 2.52 bits per heavy atom. The van der Waals surface area contributed by atoms with Crippen LogP contribution in [-0.2, 0) is 4.79 Å². The van der Waals surface area contributed by atoms with Crippen LogP contribution in [0.2, 0.25) is 0 Å². The van der Waals surface area contributed by atoms with Gasteiger partial charge in [0.25, 0.3) is 5.91 Å². The fourth-order valence-corrected chi connectivity index (χ4v) is 1.54. The first-order chi connectivity index (χ1) is 10.3. The van der Waals surface area contributed by atoms with Crippen LogP contribution in [-0.4, -0.2) is 24.2 Å². The number of rotatable bonds is 5. The molecule has 1 N–H and O–H groups in total. The summed E-state index contributed by atoms with van der Waals surface area (Å²) in [5.41, 5.74) is 4.19. The molecule has 1 heterocycles. The number of carbonyl (C=O) groups excluding carboxylic acids is 1. The van der Waals surface area contributed by atoms with E-state index in [0.29, 0.717) is 0 Å². The number of hydrogen-bond donors (Lipinski definition) is 1. The van der Waals surface area contributed by atoms with Crippen molar-refractivity contribution < 1.29 is 9.53 Å². The van der Waals surface area contributed by atoms with Crippen LogP contribution in [0.4, 0.5) is 0 Å². The topological polar surface area (TPSA) is 63.6 Å². The highest BCUT2D eigenvalue weighted by Crippen LogP contribution is 2.12. The molecule has 5 heteroatoms. The summed E-state index contributed by atoms with van der Waals surface area (Å²) in [7, 11) is 1.61. The highest BCUT2D eigenvalue weighted by molar-refractivity contribution is 5.92. The minimum atomic E-state index is -0.295. The Morgan fingerprint density at radius 2 is 1.86 bits per heavy atom. The van der Waals surface area contributed by atoms with Crippen LogP contribution in [0.5, 0.6) is 5.75 Å². The molecular formula is C16H15N3O2. The number of aromatic nitrogens is 1. The fourth-order valence-electron chi connectivity index (χ4n) is 1.54. The zero-order chi connectivity index (χ0) is 14.9. The number of carbonyl (C=O) groups is 1. The molecule has 0 aliphatic rings. The van der Waals surface area contributed by atoms with Gasteiger partial charge in [0.1, 0.15) is 5.75 Å². The van der Waals surface area contributed by atoms with E-state index in [1.807, 2.05) is 24.3 Å². The van der Waals surface area contributed by atoms with Crippen LogP contribution in [0.25, 0.3) is 6.08 Å². The molecule has 0 fully saturated rings. The number of methoxy groups -OCH3 is 1. The summed E-state index contributed by atoms with van der Waals surface area (Å²) < 4.78 is 5.06. The maximum absolute atomic E-state index is 11.6. The van der Waals surface area contributed by atoms with Crippen molar-refractivity contribution in [2.75, 3.05) is 7.11 Å². The minimum Gasteiger partial charge on any atom is -0.497 e. The third-order valence-electron chi connectivity index (χ3n) is 2.64. The molecule has 1 amide bonds. The van der Waals surface area contributed by atoms with Crippen LogP contribution in [0, 0.1) is 0 Å². The number of nitrogens with zero attached hydrogens (tertiary/aromatic N) is 2. The third-order valence-corrected chi connectivity index (χ3v) is 2.64. The van der Waals surface area contributed by atoms with Gasteiger partial charge in [0.15, 0.2) is 0 Å². The van der Waals surface area contributed by atoms with Crippen molar-refractivity contribution >= 4 is 18.2 Å². The molecule has 0 spiro atoms. The predicted molar refractivity (Wildman–Crippen MR) is 82.0 cm³/mol. The van der Waals surface area contributed by atoms with E-state index in [0.717, 1.165) is 16.9 Å². The van der Waals surface area contributed by atoms with Crippen LogP contribution in [0.1, 0.15) is 11.1 Å². The van der Waals surface area contributed by atoms with E-state index < -0.39 is 0 Å². The smallest absolute Gasteiger partial charge is 0.264 e. The lowest BCUT2D eigenvalue weighted by Crippen LogP contribution is -2.14. The second-order valence-electron chi connectivity index (χ2n) is 4.12. The molecule has 1 aromatic heterocycles. The minimum absolute atomic E-state index is 0.295. The first-order valence-corrected chi connectivity index (χ1v) is 6.33. The summed E-state index contributed by atoms with van der Waals surface area (Å²) in [6.07, 6.45) is 8.00. The lowest BCUT2D eigenvalue weighted by Gasteiger charge is -1.99. The number of hydrazone groups is 1. The Morgan fingerprint density at radius 1 is 1.14 bits per heavy atom. The van der Waals surface area contributed by atoms with Crippen molar-refractivity contribution in [3.05, 3.63) is 66.0 Å². The van der Waals surface area contributed by atoms with Crippen LogP contribution in [0.15, 0.2) is 60.0 Å². The molecule has 0 unspecified atom stereocenters. The van der Waals surface area contributed by atoms with E-state index in [9.17, 15) is 4.79 Å². The van der Waals surface area contributed by atoms with E-state index in [1.54, 1.807) is 43.9 Å². The van der Waals surface area contributed by atoms with Crippen LogP contribution < -0.4 is 10.2 Å². The van der Waals surface area contributed by atoms with E-state index in [4.69, 9.17) is 4.74 Å². The molecule has 0 saturated carbocycles. The van der Waals surface area contributed by atoms with Gasteiger partial charge in [-0.3, -0.25) is 9.78 Å². The van der Waals surface area contributed by atoms with Gasteiger partial charge < -0.3 is 4.74 Å². The third kappa shape index (κ3) is 4.91. The Balaban J connectivity index is 1.86. The molecule has 2 rings (SSSR count). The molecule has 1 aromatic carbocycles. The predicted octanol–water partition coefficient (Wildman–Crippen LogP) is 2.25. The second kappa shape index (κ2) is 7.59. The zero-order valence-electron chi connectivity index (χ0n) is 11.6. The molecule has 0 aliphatic heterocycles. The van der Waals surface area contributed by atoms with Gasteiger partial charge >= 0.3 is 0 Å². The molecule has 0 radical (unpaired) electrons. The largest absolute Gasteiger partial charge is 0.497 e. The normalized spacial score (nSPS) is 10.9. The van der Waals surface area contributed by atoms with Crippen molar-refractivity contribution in [1.82, 2.24) is 10.4 Å². The highest BCUT2D eigenvalue weighted by atomic mass is 16.5. The number of ether oxygens (including phenoxy) is 1. The number of benzene rings is 1. The Bertz CT molecular complexity index is 634. The summed E-state index contributed by atoms with van der Waals surface area (Å²) in [6, 6.07) is 11.0. The zero-order valence-corrected chi connectivity index (χ0v) is 11.6. The van der Waals surface area contributed by atoms with E-state index >= 15 is 0 Å². The monoisotopic (exact) mass is 281 g/mol. The Hall–Kier alpha value is -2.95. The van der Waals surface area contributed by atoms with Gasteiger partial charge in [0.2, 0.25) is 0 Å². The molecule has 0 bridgehead atoms. The number of amides is 1. The highest BCUT2D eigenvalue weighted by Gasteiger charge is 1.94. The molecular weight excluding hydrogens is 266 g/mol. The van der Waals surface area contributed by atoms with Gasteiger partial charge in [-0.15, -0.1) is 0 Å². The second-order valence-corrected chi connectivity index (χ2v) is 4.12. The van der Waals surface area contributed by atoms with Gasteiger partial charge in [0.05, 0.1) is 13.3 Å². The first-order valence-electron chi connectivity index (χ1n) is 6.33. The first kappa shape index (κ1) is 14.5. The maximum atomic E-state index is 11.6. The molecule has 0 saturated heterocycles. The lowest BCUT2D eigenvalue weighted by atomic mass is 10.2. The summed E-state index contributed by atoms with van der Waals surface area (Å²) in [5.74, 6) is 0.481. The van der Waals surface area contributed by atoms with Gasteiger partial charge in [-0.2, -0.15) is 5.10 Å². The number of pyridine rings is 1. The molecule has 5 nitrogen and oxygen atoms in total. The molecule has 106 valence electrons. The summed E-state index contributed by atoms with van der Waals surface area (Å²) >= 11 is 0. The van der Waals surface area contributed by atoms with Crippen molar-refractivity contribution in [2.24, 2.45) is 5.10 Å². The van der Waals surface area contributed by atoms with Gasteiger partial charge in [-0.1, -0.05) is 12.1 Å². The van der Waals surface area contributed by atoms with E-state index in [2.05, 4.69) is 15.5 Å². The van der Waals surface area contributed by atoms with E-state index in [1.165, 1.54) is 6.08 Å². The van der Waals surface area contributed by atoms with Gasteiger partial charge in [-0.25, -0.2) is 5.43 Å². The van der Waals surface area contributed by atoms with Crippen LogP contribution >= 0.6 is 0 Å². The Labute approximate surface area is 123 Å². The van der Waals surface area contributed by atoms with Crippen molar-refractivity contribution in [1.29, 1.82) is 0 Å². The average molecular weight is 281 g/mol. The van der Waals surface area contributed by atoms with E-state index in [-0.39, 0.29) is 5.91 Å². The lowest BCUT2D eigenvalue weighted by molar-refractivity contribution is -0.116. The maximum Gasteiger partial charge on any atom is 0.264 e. The SMILES string of the molecule is COc1ccc(/C=C/C(=O)N/N=C\c2ccncc2)cc1. The quantitative estimate of drug-likeness (QED) is 0.519. The number of hydrogen-bond acceptors (Lipinski definition) is 4. The summed E-state index contributed by atoms with van der Waals surface area (Å²) in [6.45, 7) is 0. The van der Waals surface area contributed by atoms with Crippen molar-refractivity contribution in [2.45, 2.75) is 0 Å². The summed E-state index contributed by atoms with van der Waals surface area (Å²) in [4.78, 5) is 15.5. The molecule has 0 atom stereocenters. The molecule has 2 aromatic rings. The van der Waals surface area contributed by atoms with Crippen molar-refractivity contribution in [3.63, 3.8) is 0 Å².